The first-order valence-corrected chi connectivity index (χ1v) is 10.2. The standard InChI is InChI=1S/C20H21NS2/c1-22-20(18-10-6-3-7-11-18)16-19(17-8-4-2-5-9-17)21-12-14-23-15-13-21/h2-11H,12-15H2,1H3. The quantitative estimate of drug-likeness (QED) is 0.715. The molecule has 118 valence electrons. The first-order valence-electron chi connectivity index (χ1n) is 7.87. The van der Waals surface area contributed by atoms with Crippen molar-refractivity contribution >= 4 is 34.1 Å². The van der Waals surface area contributed by atoms with E-state index >= 15 is 0 Å². The van der Waals surface area contributed by atoms with Crippen molar-refractivity contribution < 1.29 is 0 Å². The molecule has 1 saturated heterocycles. The normalized spacial score (nSPS) is 14.2. The van der Waals surface area contributed by atoms with Gasteiger partial charge in [0.15, 0.2) is 0 Å². The average molecular weight is 340 g/mol. The van der Waals surface area contributed by atoms with Crippen LogP contribution >= 0.6 is 23.5 Å². The van der Waals surface area contributed by atoms with Crippen molar-refractivity contribution in [1.82, 2.24) is 4.90 Å². The van der Waals surface area contributed by atoms with Crippen LogP contribution in [0.25, 0.3) is 10.6 Å². The number of hydrogen-bond donors (Lipinski definition) is 0. The van der Waals surface area contributed by atoms with Crippen LogP contribution in [0.3, 0.4) is 0 Å². The number of thioether (sulfide) groups is 2. The van der Waals surface area contributed by atoms with Gasteiger partial charge in [-0.1, -0.05) is 66.4 Å². The third-order valence-electron chi connectivity index (χ3n) is 3.85. The minimum atomic E-state index is 1.10. The van der Waals surface area contributed by atoms with Crippen LogP contribution in [0.2, 0.25) is 0 Å². The van der Waals surface area contributed by atoms with Gasteiger partial charge in [-0.2, -0.15) is 11.8 Å². The van der Waals surface area contributed by atoms with Gasteiger partial charge in [-0.25, -0.2) is 0 Å². The zero-order chi connectivity index (χ0) is 15.9. The van der Waals surface area contributed by atoms with Gasteiger partial charge in [0.1, 0.15) is 0 Å². The number of nitrogens with zero attached hydrogens (tertiary/aromatic N) is 1. The molecule has 0 atom stereocenters. The Morgan fingerprint density at radius 2 is 1.48 bits per heavy atom. The lowest BCUT2D eigenvalue weighted by Gasteiger charge is -2.30. The van der Waals surface area contributed by atoms with E-state index in [4.69, 9.17) is 0 Å². The molecule has 2 aromatic rings. The van der Waals surface area contributed by atoms with Gasteiger partial charge in [0.2, 0.25) is 0 Å². The first-order chi connectivity index (χ1) is 11.4. The highest BCUT2D eigenvalue weighted by Crippen LogP contribution is 2.28. The van der Waals surface area contributed by atoms with Gasteiger partial charge in [-0.15, -0.1) is 11.8 Å². The Morgan fingerprint density at radius 1 is 0.913 bits per heavy atom. The van der Waals surface area contributed by atoms with Crippen LogP contribution in [0.5, 0.6) is 0 Å². The zero-order valence-corrected chi connectivity index (χ0v) is 15.0. The summed E-state index contributed by atoms with van der Waals surface area (Å²) in [5.41, 5.74) is 7.43. The summed E-state index contributed by atoms with van der Waals surface area (Å²) in [4.78, 5) is 3.67. The Kier molecular flexibility index (Phi) is 5.93. The molecule has 1 aliphatic rings. The molecule has 1 heterocycles. The van der Waals surface area contributed by atoms with Crippen molar-refractivity contribution in [3.8, 4) is 0 Å². The smallest absolute Gasteiger partial charge is 0.0885 e. The third-order valence-corrected chi connectivity index (χ3v) is 5.54. The Labute approximate surface area is 147 Å². The minimum absolute atomic E-state index is 1.10. The predicted octanol–water partition coefficient (Wildman–Crippen LogP) is 5.08. The van der Waals surface area contributed by atoms with Crippen LogP contribution in [0.15, 0.2) is 66.4 Å². The van der Waals surface area contributed by atoms with Gasteiger partial charge in [0.25, 0.3) is 0 Å². The summed E-state index contributed by atoms with van der Waals surface area (Å²) in [5, 5.41) is 0. The number of benzene rings is 2. The molecule has 0 radical (unpaired) electrons. The molecule has 0 aromatic heterocycles. The fraction of sp³-hybridized carbons (Fsp3) is 0.250. The van der Waals surface area contributed by atoms with E-state index in [2.05, 4.69) is 77.6 Å². The van der Waals surface area contributed by atoms with Gasteiger partial charge in [-0.05, 0) is 11.8 Å². The second-order valence-electron chi connectivity index (χ2n) is 5.34. The van der Waals surface area contributed by atoms with E-state index in [0.29, 0.717) is 0 Å². The molecule has 1 nitrogen and oxygen atoms in total. The van der Waals surface area contributed by atoms with Crippen molar-refractivity contribution in [1.29, 1.82) is 0 Å². The summed E-state index contributed by atoms with van der Waals surface area (Å²) < 4.78 is 0. The molecule has 0 bridgehead atoms. The molecule has 23 heavy (non-hydrogen) atoms. The van der Waals surface area contributed by atoms with E-state index in [1.807, 2.05) is 11.8 Å². The fourth-order valence-corrected chi connectivity index (χ4v) is 4.13. The molecule has 1 fully saturated rings. The number of rotatable bonds is 4. The summed E-state index contributed by atoms with van der Waals surface area (Å²) in [5.74, 6) is 2.38. The minimum Gasteiger partial charge on any atom is -0.363 e. The van der Waals surface area contributed by atoms with Crippen LogP contribution < -0.4 is 0 Å². The molecule has 0 amide bonds. The maximum atomic E-state index is 3.72. The van der Waals surface area contributed by atoms with E-state index in [1.54, 1.807) is 11.8 Å². The number of hydrogen-bond acceptors (Lipinski definition) is 3. The Bertz CT molecular complexity index is 682. The highest BCUT2D eigenvalue weighted by Gasteiger charge is 2.15. The molecule has 0 unspecified atom stereocenters. The van der Waals surface area contributed by atoms with Crippen molar-refractivity contribution in [3.63, 3.8) is 0 Å². The maximum absolute atomic E-state index is 3.72. The van der Waals surface area contributed by atoms with E-state index in [-0.39, 0.29) is 0 Å². The molecule has 0 N–H and O–H groups in total. The molecule has 1 aliphatic heterocycles. The topological polar surface area (TPSA) is 3.24 Å². The van der Waals surface area contributed by atoms with Crippen molar-refractivity contribution in [2.75, 3.05) is 30.9 Å². The molecule has 0 aliphatic carbocycles. The van der Waals surface area contributed by atoms with Crippen LogP contribution in [-0.2, 0) is 0 Å². The zero-order valence-electron chi connectivity index (χ0n) is 13.4. The third kappa shape index (κ3) is 4.26. The van der Waals surface area contributed by atoms with Crippen LogP contribution in [0.4, 0.5) is 0 Å². The lowest BCUT2D eigenvalue weighted by molar-refractivity contribution is 0.440. The average Bonchev–Trinajstić information content (AvgIpc) is 2.65. The van der Waals surface area contributed by atoms with E-state index < -0.39 is 0 Å². The monoisotopic (exact) mass is 339 g/mol. The van der Waals surface area contributed by atoms with Crippen molar-refractivity contribution in [2.45, 2.75) is 0 Å². The summed E-state index contributed by atoms with van der Waals surface area (Å²) >= 11 is 3.80. The van der Waals surface area contributed by atoms with Crippen LogP contribution in [0, 0.1) is 0 Å². The van der Waals surface area contributed by atoms with Crippen molar-refractivity contribution in [2.24, 2.45) is 0 Å². The van der Waals surface area contributed by atoms with Gasteiger partial charge in [0.05, 0.1) is 10.6 Å². The maximum Gasteiger partial charge on any atom is 0.0885 e. The summed E-state index contributed by atoms with van der Waals surface area (Å²) in [6.45, 7) is 2.19. The van der Waals surface area contributed by atoms with Crippen molar-refractivity contribution in [3.05, 3.63) is 77.5 Å². The lowest BCUT2D eigenvalue weighted by Crippen LogP contribution is -2.30. The van der Waals surface area contributed by atoms with E-state index in [1.165, 1.54) is 33.2 Å². The highest BCUT2D eigenvalue weighted by atomic mass is 32.2. The Morgan fingerprint density at radius 3 is 2.04 bits per heavy atom. The van der Waals surface area contributed by atoms with Gasteiger partial charge in [0, 0.05) is 30.2 Å². The van der Waals surface area contributed by atoms with Crippen LogP contribution in [0.1, 0.15) is 11.1 Å². The van der Waals surface area contributed by atoms with Crippen LogP contribution in [-0.4, -0.2) is 35.8 Å². The molecular formula is C20H21NS2. The largest absolute Gasteiger partial charge is 0.363 e. The Balaban J connectivity index is 2.10. The molecule has 0 saturated carbocycles. The summed E-state index contributed by atoms with van der Waals surface area (Å²) in [6, 6.07) is 21.2. The predicted molar refractivity (Wildman–Crippen MR) is 106 cm³/mol. The lowest BCUT2D eigenvalue weighted by atomic mass is 10.1. The first kappa shape index (κ1) is 16.3. The summed E-state index contributed by atoms with van der Waals surface area (Å²) in [6.07, 6.45) is 2.13. The molecule has 3 heteroatoms. The Hall–Kier alpha value is -1.54. The van der Waals surface area contributed by atoms with E-state index in [0.717, 1.165) is 13.1 Å². The summed E-state index contributed by atoms with van der Waals surface area (Å²) in [7, 11) is 0. The molecular weight excluding hydrogens is 318 g/mol. The molecule has 2 aromatic carbocycles. The van der Waals surface area contributed by atoms with Gasteiger partial charge < -0.3 is 4.90 Å². The fourth-order valence-electron chi connectivity index (χ4n) is 2.65. The van der Waals surface area contributed by atoms with Gasteiger partial charge >= 0.3 is 0 Å². The van der Waals surface area contributed by atoms with Gasteiger partial charge in [-0.3, -0.25) is 0 Å². The highest BCUT2D eigenvalue weighted by molar-refractivity contribution is 8.07. The second kappa shape index (κ2) is 8.35. The molecule has 0 spiro atoms. The second-order valence-corrected chi connectivity index (χ2v) is 7.38. The molecule has 3 rings (SSSR count). The van der Waals surface area contributed by atoms with E-state index in [9.17, 15) is 0 Å². The SMILES string of the molecule is CSC(=C=C(c1ccccc1)N1CCSCC1)c1ccccc1.